The quantitative estimate of drug-likeness (QED) is 0.789. The molecule has 2 aromatic rings. The first-order valence-corrected chi connectivity index (χ1v) is 8.87. The highest BCUT2D eigenvalue weighted by atomic mass is 16.6. The fraction of sp³-hybridized carbons (Fsp3) is 0.556. The van der Waals surface area contributed by atoms with E-state index in [0.29, 0.717) is 24.2 Å². The number of hydrogen-bond donors (Lipinski definition) is 1. The summed E-state index contributed by atoms with van der Waals surface area (Å²) in [6.45, 7) is 3.83. The van der Waals surface area contributed by atoms with Crippen LogP contribution in [0, 0.1) is 17.2 Å². The Morgan fingerprint density at radius 1 is 1.54 bits per heavy atom. The first kappa shape index (κ1) is 18.1. The molecule has 8 heteroatoms. The summed E-state index contributed by atoms with van der Waals surface area (Å²) in [5.41, 5.74) is 6.23. The average Bonchev–Trinajstić information content (AvgIpc) is 3.26. The van der Waals surface area contributed by atoms with E-state index < -0.39 is 5.60 Å². The van der Waals surface area contributed by atoms with E-state index in [-0.39, 0.29) is 24.6 Å². The van der Waals surface area contributed by atoms with Crippen LogP contribution in [-0.4, -0.2) is 32.8 Å². The van der Waals surface area contributed by atoms with Gasteiger partial charge in [-0.25, -0.2) is 9.50 Å². The highest BCUT2D eigenvalue weighted by Crippen LogP contribution is 2.40. The molecule has 138 valence electrons. The van der Waals surface area contributed by atoms with E-state index >= 15 is 0 Å². The van der Waals surface area contributed by atoms with E-state index in [1.165, 1.54) is 6.33 Å². The van der Waals surface area contributed by atoms with Gasteiger partial charge in [-0.3, -0.25) is 4.79 Å². The smallest absolute Gasteiger partial charge is 0.309 e. The van der Waals surface area contributed by atoms with Gasteiger partial charge in [0, 0.05) is 0 Å². The Labute approximate surface area is 151 Å². The molecule has 2 N–H and O–H groups in total. The van der Waals surface area contributed by atoms with Gasteiger partial charge in [-0.2, -0.15) is 10.4 Å². The van der Waals surface area contributed by atoms with Crippen molar-refractivity contribution >= 4 is 17.3 Å². The number of hydrogen-bond acceptors (Lipinski definition) is 7. The maximum absolute atomic E-state index is 12.1. The van der Waals surface area contributed by atoms with Crippen molar-refractivity contribution in [1.29, 1.82) is 5.26 Å². The highest BCUT2D eigenvalue weighted by molar-refractivity contribution is 5.72. The molecule has 1 aliphatic heterocycles. The fourth-order valence-corrected chi connectivity index (χ4v) is 3.33. The molecule has 0 unspecified atom stereocenters. The second-order valence-corrected chi connectivity index (χ2v) is 6.57. The standard InChI is InChI=1S/C18H23N5O3/c1-3-12(4-2)17(24)25-10-18(9-19)8-7-15(26-18)13-5-6-14-16(20)21-11-22-23(13)14/h5-6,11-12,15H,3-4,7-8,10H2,1-2H3,(H2,20,21,22)/t15-,18-/m1/s1. The molecule has 0 bridgehead atoms. The highest BCUT2D eigenvalue weighted by Gasteiger charge is 2.43. The lowest BCUT2D eigenvalue weighted by Gasteiger charge is -2.22. The number of nitrogens with two attached hydrogens (primary N) is 1. The normalized spacial score (nSPS) is 22.6. The summed E-state index contributed by atoms with van der Waals surface area (Å²) in [6, 6.07) is 5.89. The first-order valence-electron chi connectivity index (χ1n) is 8.87. The zero-order valence-electron chi connectivity index (χ0n) is 15.0. The Balaban J connectivity index is 1.74. The van der Waals surface area contributed by atoms with Gasteiger partial charge in [-0.15, -0.1) is 0 Å². The minimum Gasteiger partial charge on any atom is -0.461 e. The van der Waals surface area contributed by atoms with Crippen LogP contribution < -0.4 is 5.73 Å². The summed E-state index contributed by atoms with van der Waals surface area (Å²) < 4.78 is 13.1. The Hall–Kier alpha value is -2.66. The summed E-state index contributed by atoms with van der Waals surface area (Å²) in [5.74, 6) is -0.0302. The number of nitrogen functional groups attached to an aromatic ring is 1. The molecule has 0 amide bonds. The van der Waals surface area contributed by atoms with E-state index in [0.717, 1.165) is 18.5 Å². The van der Waals surface area contributed by atoms with Crippen molar-refractivity contribution in [3.8, 4) is 6.07 Å². The molecule has 0 saturated carbocycles. The van der Waals surface area contributed by atoms with Crippen LogP contribution in [-0.2, 0) is 14.3 Å². The molecule has 0 aliphatic carbocycles. The monoisotopic (exact) mass is 357 g/mol. The summed E-state index contributed by atoms with van der Waals surface area (Å²) in [7, 11) is 0. The molecule has 3 rings (SSSR count). The first-order chi connectivity index (χ1) is 12.5. The van der Waals surface area contributed by atoms with Gasteiger partial charge < -0.3 is 15.2 Å². The third-order valence-electron chi connectivity index (χ3n) is 4.99. The predicted molar refractivity (Wildman–Crippen MR) is 93.8 cm³/mol. The molecule has 1 aliphatic rings. The molecule has 1 saturated heterocycles. The second-order valence-electron chi connectivity index (χ2n) is 6.57. The van der Waals surface area contributed by atoms with Crippen LogP contribution >= 0.6 is 0 Å². The maximum Gasteiger partial charge on any atom is 0.309 e. The van der Waals surface area contributed by atoms with Gasteiger partial charge in [-0.1, -0.05) is 13.8 Å². The van der Waals surface area contributed by atoms with Crippen molar-refractivity contribution in [2.45, 2.75) is 51.2 Å². The van der Waals surface area contributed by atoms with E-state index in [1.807, 2.05) is 26.0 Å². The lowest BCUT2D eigenvalue weighted by Crippen LogP contribution is -2.34. The molecular weight excluding hydrogens is 334 g/mol. The molecule has 0 radical (unpaired) electrons. The van der Waals surface area contributed by atoms with Gasteiger partial charge in [0.25, 0.3) is 0 Å². The number of esters is 1. The molecule has 1 fully saturated rings. The molecular formula is C18H23N5O3. The molecule has 26 heavy (non-hydrogen) atoms. The van der Waals surface area contributed by atoms with Crippen molar-refractivity contribution in [1.82, 2.24) is 14.6 Å². The second kappa shape index (κ2) is 7.30. The number of nitrogens with zero attached hydrogens (tertiary/aromatic N) is 4. The van der Waals surface area contributed by atoms with E-state index in [1.54, 1.807) is 4.52 Å². The van der Waals surface area contributed by atoms with Crippen LogP contribution in [0.5, 0.6) is 0 Å². The lowest BCUT2D eigenvalue weighted by molar-refractivity contribution is -0.156. The van der Waals surface area contributed by atoms with E-state index in [2.05, 4.69) is 16.2 Å². The van der Waals surface area contributed by atoms with Crippen LogP contribution in [0.15, 0.2) is 18.5 Å². The summed E-state index contributed by atoms with van der Waals surface area (Å²) in [6.07, 6.45) is 3.61. The van der Waals surface area contributed by atoms with Crippen molar-refractivity contribution in [3.05, 3.63) is 24.2 Å². The molecule has 3 heterocycles. The fourth-order valence-electron chi connectivity index (χ4n) is 3.33. The third-order valence-corrected chi connectivity index (χ3v) is 4.99. The number of carbonyl (C=O) groups is 1. The molecule has 8 nitrogen and oxygen atoms in total. The molecule has 2 aromatic heterocycles. The van der Waals surface area contributed by atoms with Crippen LogP contribution in [0.3, 0.4) is 0 Å². The van der Waals surface area contributed by atoms with Crippen LogP contribution in [0.2, 0.25) is 0 Å². The lowest BCUT2D eigenvalue weighted by atomic mass is 10.0. The maximum atomic E-state index is 12.1. The van der Waals surface area contributed by atoms with Crippen LogP contribution in [0.4, 0.5) is 5.82 Å². The number of nitriles is 1. The molecule has 2 atom stereocenters. The SMILES string of the molecule is CCC(CC)C(=O)OC[C@]1(C#N)CC[C@H](c2ccc3c(N)ncnn23)O1. The Morgan fingerprint density at radius 3 is 3.00 bits per heavy atom. The molecule has 0 spiro atoms. The number of ether oxygens (including phenoxy) is 2. The number of fused-ring (bicyclic) bond motifs is 1. The predicted octanol–water partition coefficient (Wildman–Crippen LogP) is 2.40. The van der Waals surface area contributed by atoms with Gasteiger partial charge in [0.2, 0.25) is 0 Å². The third kappa shape index (κ3) is 3.22. The van der Waals surface area contributed by atoms with Crippen molar-refractivity contribution in [2.75, 3.05) is 12.3 Å². The van der Waals surface area contributed by atoms with E-state index in [9.17, 15) is 10.1 Å². The number of carbonyl (C=O) groups excluding carboxylic acids is 1. The Bertz CT molecular complexity index is 839. The number of aromatic nitrogens is 3. The zero-order valence-corrected chi connectivity index (χ0v) is 15.0. The number of rotatable bonds is 6. The Morgan fingerprint density at radius 2 is 2.31 bits per heavy atom. The van der Waals surface area contributed by atoms with Crippen LogP contribution in [0.1, 0.15) is 51.3 Å². The minimum absolute atomic E-state index is 0.0598. The minimum atomic E-state index is -1.13. The van der Waals surface area contributed by atoms with Gasteiger partial charge >= 0.3 is 5.97 Å². The summed E-state index contributed by atoms with van der Waals surface area (Å²) in [4.78, 5) is 16.1. The Kier molecular flexibility index (Phi) is 5.09. The van der Waals surface area contributed by atoms with Crippen molar-refractivity contribution in [3.63, 3.8) is 0 Å². The van der Waals surface area contributed by atoms with Crippen molar-refractivity contribution in [2.24, 2.45) is 5.92 Å². The van der Waals surface area contributed by atoms with Gasteiger partial charge in [0.05, 0.1) is 11.6 Å². The van der Waals surface area contributed by atoms with Gasteiger partial charge in [0.1, 0.15) is 30.6 Å². The zero-order chi connectivity index (χ0) is 18.7. The van der Waals surface area contributed by atoms with E-state index in [4.69, 9.17) is 15.2 Å². The van der Waals surface area contributed by atoms with Crippen LogP contribution in [0.25, 0.3) is 5.52 Å². The topological polar surface area (TPSA) is 116 Å². The number of anilines is 1. The molecule has 0 aromatic carbocycles. The largest absolute Gasteiger partial charge is 0.461 e. The average molecular weight is 357 g/mol. The summed E-state index contributed by atoms with van der Waals surface area (Å²) in [5, 5.41) is 13.9. The van der Waals surface area contributed by atoms with Gasteiger partial charge in [0.15, 0.2) is 11.4 Å². The van der Waals surface area contributed by atoms with Crippen molar-refractivity contribution < 1.29 is 14.3 Å². The van der Waals surface area contributed by atoms with Gasteiger partial charge in [-0.05, 0) is 37.8 Å². The summed E-state index contributed by atoms with van der Waals surface area (Å²) >= 11 is 0.